The van der Waals surface area contributed by atoms with Crippen molar-refractivity contribution in [3.63, 3.8) is 0 Å². The molecule has 0 aliphatic heterocycles. The van der Waals surface area contributed by atoms with Gasteiger partial charge in [-0.05, 0) is 6.42 Å². The largest absolute Gasteiger partial charge is 0.477 e. The highest BCUT2D eigenvalue weighted by atomic mass is 32.1. The lowest BCUT2D eigenvalue weighted by Crippen LogP contribution is -2.15. The molecule has 0 saturated carbocycles. The Morgan fingerprint density at radius 2 is 2.36 bits per heavy atom. The molecule has 0 aromatic carbocycles. The van der Waals surface area contributed by atoms with Crippen LogP contribution >= 0.6 is 11.3 Å². The molecule has 0 aliphatic rings. The molecule has 5 heteroatoms. The maximum Gasteiger partial charge on any atom is 0.347 e. The molecule has 74 valence electrons. The Labute approximate surface area is 84.8 Å². The van der Waals surface area contributed by atoms with Crippen LogP contribution in [0.5, 0.6) is 0 Å². The van der Waals surface area contributed by atoms with E-state index in [0.717, 1.165) is 11.3 Å². The molecule has 0 bridgehead atoms. The van der Waals surface area contributed by atoms with Crippen LogP contribution in [0.1, 0.15) is 22.3 Å². The lowest BCUT2D eigenvalue weighted by atomic mass is 10.3. The topological polar surface area (TPSA) is 59.3 Å². The lowest BCUT2D eigenvalue weighted by Gasteiger charge is -2.01. The number of carbonyl (C=O) groups is 1. The number of thiazole rings is 1. The molecule has 0 amide bonds. The summed E-state index contributed by atoms with van der Waals surface area (Å²) < 4.78 is 1.33. The monoisotopic (exact) mass is 211 g/mol. The highest BCUT2D eigenvalue weighted by Crippen LogP contribution is 2.13. The molecular weight excluding hydrogens is 202 g/mol. The predicted molar refractivity (Wildman–Crippen MR) is 53.7 cm³/mol. The van der Waals surface area contributed by atoms with E-state index in [1.54, 1.807) is 6.92 Å². The number of carboxylic acid groups (broad SMARTS) is 1. The fourth-order valence-electron chi connectivity index (χ4n) is 1.20. The van der Waals surface area contributed by atoms with Gasteiger partial charge in [-0.1, -0.05) is 24.2 Å². The molecule has 0 radical (unpaired) electrons. The second kappa shape index (κ2) is 4.11. The second-order valence-electron chi connectivity index (χ2n) is 2.59. The van der Waals surface area contributed by atoms with Gasteiger partial charge < -0.3 is 5.11 Å². The Hall–Kier alpha value is -1.54. The first kappa shape index (κ1) is 10.5. The van der Waals surface area contributed by atoms with Crippen molar-refractivity contribution in [3.05, 3.63) is 20.2 Å². The Kier molecular flexibility index (Phi) is 3.10. The summed E-state index contributed by atoms with van der Waals surface area (Å²) in [6.45, 7) is 1.92. The van der Waals surface area contributed by atoms with E-state index in [1.165, 1.54) is 4.57 Å². The van der Waals surface area contributed by atoms with Crippen molar-refractivity contribution in [3.8, 4) is 12.3 Å². The number of aromatic nitrogens is 1. The first-order chi connectivity index (χ1) is 6.61. The molecule has 0 atom stereocenters. The predicted octanol–water partition coefficient (Wildman–Crippen LogP) is 0.804. The van der Waals surface area contributed by atoms with Gasteiger partial charge in [0.05, 0.1) is 6.54 Å². The van der Waals surface area contributed by atoms with Gasteiger partial charge in [0.25, 0.3) is 0 Å². The number of rotatable bonds is 3. The van der Waals surface area contributed by atoms with Gasteiger partial charge >= 0.3 is 10.8 Å². The first-order valence-electron chi connectivity index (χ1n) is 4.01. The fraction of sp³-hybridized carbons (Fsp3) is 0.333. The number of carboxylic acids is 1. The SMILES string of the molecule is C#CCn1c(CC)c(C(=O)O)sc1=O. The summed E-state index contributed by atoms with van der Waals surface area (Å²) in [5.41, 5.74) is 0.505. The summed E-state index contributed by atoms with van der Waals surface area (Å²) in [6.07, 6.45) is 5.57. The summed E-state index contributed by atoms with van der Waals surface area (Å²) in [7, 11) is 0. The van der Waals surface area contributed by atoms with Crippen LogP contribution in [0.2, 0.25) is 0 Å². The molecule has 4 nitrogen and oxygen atoms in total. The maximum atomic E-state index is 11.3. The Balaban J connectivity index is 3.37. The summed E-state index contributed by atoms with van der Waals surface area (Å²) in [4.78, 5) is 21.9. The highest BCUT2D eigenvalue weighted by molar-refractivity contribution is 7.11. The number of terminal acetylenes is 1. The van der Waals surface area contributed by atoms with Crippen molar-refractivity contribution in [2.45, 2.75) is 19.9 Å². The van der Waals surface area contributed by atoms with Gasteiger partial charge in [-0.25, -0.2) is 4.79 Å². The normalized spacial score (nSPS) is 9.71. The molecule has 0 saturated heterocycles. The maximum absolute atomic E-state index is 11.3. The van der Waals surface area contributed by atoms with Gasteiger partial charge in [0.1, 0.15) is 4.88 Å². The summed E-state index contributed by atoms with van der Waals surface area (Å²) >= 11 is 0.726. The van der Waals surface area contributed by atoms with Crippen molar-refractivity contribution in [1.82, 2.24) is 4.57 Å². The summed E-state index contributed by atoms with van der Waals surface area (Å²) in [5.74, 6) is 1.26. The van der Waals surface area contributed by atoms with E-state index in [1.807, 2.05) is 0 Å². The molecule has 1 heterocycles. The van der Waals surface area contributed by atoms with Gasteiger partial charge in [0.2, 0.25) is 0 Å². The van der Waals surface area contributed by atoms with Crippen LogP contribution in [0.25, 0.3) is 0 Å². The summed E-state index contributed by atoms with van der Waals surface area (Å²) in [6, 6.07) is 0. The van der Waals surface area contributed by atoms with Crippen LogP contribution < -0.4 is 4.87 Å². The van der Waals surface area contributed by atoms with Crippen LogP contribution in [-0.4, -0.2) is 15.6 Å². The van der Waals surface area contributed by atoms with Crippen molar-refractivity contribution in [1.29, 1.82) is 0 Å². The van der Waals surface area contributed by atoms with Crippen LogP contribution in [-0.2, 0) is 13.0 Å². The second-order valence-corrected chi connectivity index (χ2v) is 3.55. The molecule has 14 heavy (non-hydrogen) atoms. The summed E-state index contributed by atoms with van der Waals surface area (Å²) in [5, 5.41) is 8.81. The van der Waals surface area contributed by atoms with Crippen molar-refractivity contribution >= 4 is 17.3 Å². The smallest absolute Gasteiger partial charge is 0.347 e. The number of hydrogen-bond donors (Lipinski definition) is 1. The van der Waals surface area contributed by atoms with Crippen LogP contribution in [0.15, 0.2) is 4.79 Å². The van der Waals surface area contributed by atoms with Gasteiger partial charge in [-0.2, -0.15) is 0 Å². The molecule has 1 rings (SSSR count). The van der Waals surface area contributed by atoms with E-state index in [0.29, 0.717) is 12.1 Å². The quantitative estimate of drug-likeness (QED) is 0.752. The van der Waals surface area contributed by atoms with Crippen LogP contribution in [0.4, 0.5) is 0 Å². The third kappa shape index (κ3) is 1.70. The zero-order valence-corrected chi connectivity index (χ0v) is 8.43. The first-order valence-corrected chi connectivity index (χ1v) is 4.82. The lowest BCUT2D eigenvalue weighted by molar-refractivity contribution is 0.0700. The molecule has 0 aliphatic carbocycles. The zero-order valence-electron chi connectivity index (χ0n) is 7.61. The van der Waals surface area contributed by atoms with E-state index >= 15 is 0 Å². The van der Waals surface area contributed by atoms with Gasteiger partial charge in [-0.3, -0.25) is 9.36 Å². The minimum absolute atomic E-state index is 0.0905. The average Bonchev–Trinajstić information content (AvgIpc) is 2.44. The van der Waals surface area contributed by atoms with Gasteiger partial charge in [-0.15, -0.1) is 6.42 Å². The Bertz CT molecular complexity index is 450. The number of nitrogens with zero attached hydrogens (tertiary/aromatic N) is 1. The number of hydrogen-bond acceptors (Lipinski definition) is 3. The minimum atomic E-state index is -1.07. The molecule has 1 aromatic heterocycles. The van der Waals surface area contributed by atoms with E-state index in [-0.39, 0.29) is 16.3 Å². The van der Waals surface area contributed by atoms with Crippen molar-refractivity contribution in [2.24, 2.45) is 0 Å². The molecule has 1 aromatic rings. The molecular formula is C9H9NO3S. The standard InChI is InChI=1S/C9H9NO3S/c1-3-5-10-6(4-2)7(8(11)12)14-9(10)13/h1H,4-5H2,2H3,(H,11,12). The average molecular weight is 211 g/mol. The van der Waals surface area contributed by atoms with Crippen LogP contribution in [0.3, 0.4) is 0 Å². The van der Waals surface area contributed by atoms with E-state index in [2.05, 4.69) is 5.92 Å². The van der Waals surface area contributed by atoms with Crippen molar-refractivity contribution in [2.75, 3.05) is 0 Å². The molecule has 0 unspecified atom stereocenters. The van der Waals surface area contributed by atoms with E-state index in [9.17, 15) is 9.59 Å². The molecule has 0 spiro atoms. The Morgan fingerprint density at radius 1 is 1.71 bits per heavy atom. The van der Waals surface area contributed by atoms with Gasteiger partial charge in [0, 0.05) is 5.69 Å². The highest BCUT2D eigenvalue weighted by Gasteiger charge is 2.17. The fourth-order valence-corrected chi connectivity index (χ4v) is 2.12. The third-order valence-electron chi connectivity index (χ3n) is 1.78. The van der Waals surface area contributed by atoms with Crippen molar-refractivity contribution < 1.29 is 9.90 Å². The Morgan fingerprint density at radius 3 is 2.79 bits per heavy atom. The van der Waals surface area contributed by atoms with Gasteiger partial charge in [0.15, 0.2) is 0 Å². The molecule has 0 fully saturated rings. The molecule has 1 N–H and O–H groups in total. The zero-order chi connectivity index (χ0) is 10.7. The van der Waals surface area contributed by atoms with Crippen LogP contribution in [0, 0.1) is 12.3 Å². The third-order valence-corrected chi connectivity index (χ3v) is 2.79. The minimum Gasteiger partial charge on any atom is -0.477 e. The van der Waals surface area contributed by atoms with E-state index < -0.39 is 5.97 Å². The van der Waals surface area contributed by atoms with E-state index in [4.69, 9.17) is 11.5 Å². The number of aromatic carboxylic acids is 1.